The third-order valence-corrected chi connectivity index (χ3v) is 5.05. The van der Waals surface area contributed by atoms with Crippen LogP contribution in [0.5, 0.6) is 0 Å². The van der Waals surface area contributed by atoms with Gasteiger partial charge in [0.1, 0.15) is 5.69 Å². The fourth-order valence-corrected chi connectivity index (χ4v) is 3.32. The number of para-hydroxylation sites is 2. The minimum Gasteiger partial charge on any atom is -0.378 e. The van der Waals surface area contributed by atoms with Gasteiger partial charge in [-0.05, 0) is 54.1 Å². The molecule has 4 rings (SSSR count). The van der Waals surface area contributed by atoms with Crippen LogP contribution in [-0.4, -0.2) is 30.1 Å². The molecular formula is C25H23ClN6O. The van der Waals surface area contributed by atoms with Gasteiger partial charge >= 0.3 is 6.03 Å². The van der Waals surface area contributed by atoms with E-state index in [2.05, 4.69) is 21.2 Å². The molecule has 0 unspecified atom stereocenters. The number of carbonyl (C=O) groups is 1. The first-order chi connectivity index (χ1) is 16.0. The molecule has 0 spiro atoms. The first-order valence-electron chi connectivity index (χ1n) is 10.3. The van der Waals surface area contributed by atoms with Crippen LogP contribution in [-0.2, 0) is 0 Å². The lowest BCUT2D eigenvalue weighted by Gasteiger charge is -2.12. The maximum Gasteiger partial charge on any atom is 0.337 e. The Balaban J connectivity index is 1.54. The fourth-order valence-electron chi connectivity index (χ4n) is 3.13. The van der Waals surface area contributed by atoms with Crippen LogP contribution in [0.3, 0.4) is 0 Å². The van der Waals surface area contributed by atoms with Gasteiger partial charge < -0.3 is 10.2 Å². The zero-order valence-electron chi connectivity index (χ0n) is 18.2. The number of hydrazine groups is 1. The van der Waals surface area contributed by atoms with Crippen LogP contribution in [0.25, 0.3) is 23.2 Å². The summed E-state index contributed by atoms with van der Waals surface area (Å²) in [4.78, 5) is 23.7. The molecule has 0 bridgehead atoms. The molecule has 8 heteroatoms. The second-order valence-corrected chi connectivity index (χ2v) is 7.92. The molecule has 4 aromatic rings. The smallest absolute Gasteiger partial charge is 0.337 e. The fraction of sp³-hybridized carbons (Fsp3) is 0.0800. The highest BCUT2D eigenvalue weighted by Crippen LogP contribution is 2.20. The van der Waals surface area contributed by atoms with Gasteiger partial charge in [-0.15, -0.1) is 0 Å². The molecule has 0 fully saturated rings. The van der Waals surface area contributed by atoms with Gasteiger partial charge in [-0.1, -0.05) is 48.0 Å². The lowest BCUT2D eigenvalue weighted by Crippen LogP contribution is -2.34. The average Bonchev–Trinajstić information content (AvgIpc) is 2.81. The van der Waals surface area contributed by atoms with Gasteiger partial charge in [-0.25, -0.2) is 20.2 Å². The van der Waals surface area contributed by atoms with E-state index in [4.69, 9.17) is 16.6 Å². The van der Waals surface area contributed by atoms with E-state index in [0.29, 0.717) is 27.7 Å². The number of anilines is 3. The van der Waals surface area contributed by atoms with Crippen LogP contribution in [0.1, 0.15) is 11.3 Å². The van der Waals surface area contributed by atoms with Crippen molar-refractivity contribution in [2.24, 2.45) is 0 Å². The Kier molecular flexibility index (Phi) is 6.71. The largest absolute Gasteiger partial charge is 0.378 e. The molecule has 0 atom stereocenters. The molecule has 166 valence electrons. The SMILES string of the molecule is CN(C)c1ccc(/C=C/c2nc3ccccc3nc2NNC(=O)Nc2cccc(Cl)c2)cc1. The summed E-state index contributed by atoms with van der Waals surface area (Å²) >= 11 is 5.97. The molecule has 33 heavy (non-hydrogen) atoms. The van der Waals surface area contributed by atoms with Gasteiger partial charge in [0.05, 0.1) is 11.0 Å². The Morgan fingerprint density at radius 2 is 1.64 bits per heavy atom. The summed E-state index contributed by atoms with van der Waals surface area (Å²) in [6.07, 6.45) is 3.82. The van der Waals surface area contributed by atoms with E-state index in [0.717, 1.165) is 16.8 Å². The van der Waals surface area contributed by atoms with Crippen molar-refractivity contribution in [1.29, 1.82) is 0 Å². The normalized spacial score (nSPS) is 10.9. The maximum atomic E-state index is 12.3. The predicted octanol–water partition coefficient (Wildman–Crippen LogP) is 5.67. The number of fused-ring (bicyclic) bond motifs is 1. The maximum absolute atomic E-state index is 12.3. The first-order valence-corrected chi connectivity index (χ1v) is 10.7. The summed E-state index contributed by atoms with van der Waals surface area (Å²) in [5.41, 5.74) is 10.3. The van der Waals surface area contributed by atoms with Crippen molar-refractivity contribution in [2.45, 2.75) is 0 Å². The molecule has 2 amide bonds. The van der Waals surface area contributed by atoms with Crippen molar-refractivity contribution in [3.63, 3.8) is 0 Å². The molecule has 3 aromatic carbocycles. The van der Waals surface area contributed by atoms with E-state index < -0.39 is 6.03 Å². The zero-order chi connectivity index (χ0) is 23.2. The second kappa shape index (κ2) is 10.0. The van der Waals surface area contributed by atoms with Crippen molar-refractivity contribution in [3.05, 3.63) is 89.1 Å². The van der Waals surface area contributed by atoms with Crippen molar-refractivity contribution in [3.8, 4) is 0 Å². The quantitative estimate of drug-likeness (QED) is 0.324. The van der Waals surface area contributed by atoms with Crippen LogP contribution >= 0.6 is 11.6 Å². The summed E-state index contributed by atoms with van der Waals surface area (Å²) in [5.74, 6) is 0.427. The number of hydrogen-bond acceptors (Lipinski definition) is 5. The number of rotatable bonds is 6. The van der Waals surface area contributed by atoms with Crippen molar-refractivity contribution in [1.82, 2.24) is 15.4 Å². The summed E-state index contributed by atoms with van der Waals surface area (Å²) in [6.45, 7) is 0. The Labute approximate surface area is 197 Å². The standard InChI is InChI=1S/C25H23ClN6O/c1-32(2)20-13-10-17(11-14-20)12-15-23-24(29-22-9-4-3-8-21(22)28-23)30-31-25(33)27-19-7-5-6-18(26)16-19/h3-16H,1-2H3,(H,29,30)(H2,27,31,33)/b15-12+. The monoisotopic (exact) mass is 458 g/mol. The topological polar surface area (TPSA) is 82.2 Å². The first kappa shape index (κ1) is 22.1. The number of amides is 2. The van der Waals surface area contributed by atoms with Gasteiger partial charge in [0.15, 0.2) is 5.82 Å². The molecule has 1 aromatic heterocycles. The molecule has 3 N–H and O–H groups in total. The Hall–Kier alpha value is -4.10. The lowest BCUT2D eigenvalue weighted by atomic mass is 10.1. The van der Waals surface area contributed by atoms with Crippen molar-refractivity contribution < 1.29 is 4.79 Å². The number of benzene rings is 3. The highest BCUT2D eigenvalue weighted by atomic mass is 35.5. The Morgan fingerprint density at radius 3 is 2.33 bits per heavy atom. The number of nitrogens with zero attached hydrogens (tertiary/aromatic N) is 3. The molecule has 1 heterocycles. The van der Waals surface area contributed by atoms with Crippen molar-refractivity contribution in [2.75, 3.05) is 29.7 Å². The zero-order valence-corrected chi connectivity index (χ0v) is 19.0. The molecule has 0 saturated carbocycles. The van der Waals surface area contributed by atoms with Gasteiger partial charge in [0, 0.05) is 30.5 Å². The van der Waals surface area contributed by atoms with E-state index in [1.807, 2.05) is 79.7 Å². The second-order valence-electron chi connectivity index (χ2n) is 7.48. The number of aromatic nitrogens is 2. The van der Waals surface area contributed by atoms with E-state index >= 15 is 0 Å². The predicted molar refractivity (Wildman–Crippen MR) is 136 cm³/mol. The highest BCUT2D eigenvalue weighted by molar-refractivity contribution is 6.30. The van der Waals surface area contributed by atoms with E-state index in [9.17, 15) is 4.79 Å². The summed E-state index contributed by atoms with van der Waals surface area (Å²) < 4.78 is 0. The molecule has 0 aliphatic rings. The molecule has 0 aliphatic heterocycles. The number of urea groups is 1. The molecule has 0 radical (unpaired) electrons. The molecule has 7 nitrogen and oxygen atoms in total. The summed E-state index contributed by atoms with van der Waals surface area (Å²) in [6, 6.07) is 22.2. The van der Waals surface area contributed by atoms with Gasteiger partial charge in [0.25, 0.3) is 0 Å². The van der Waals surface area contributed by atoms with Gasteiger partial charge in [-0.2, -0.15) is 0 Å². The Morgan fingerprint density at radius 1 is 0.909 bits per heavy atom. The summed E-state index contributed by atoms with van der Waals surface area (Å²) in [7, 11) is 4.01. The minimum absolute atomic E-state index is 0.427. The van der Waals surface area contributed by atoms with Crippen LogP contribution in [0.15, 0.2) is 72.8 Å². The van der Waals surface area contributed by atoms with Gasteiger partial charge in [0.2, 0.25) is 0 Å². The van der Waals surface area contributed by atoms with Crippen LogP contribution in [0.4, 0.5) is 22.0 Å². The van der Waals surface area contributed by atoms with Crippen LogP contribution in [0.2, 0.25) is 5.02 Å². The number of carbonyl (C=O) groups excluding carboxylic acids is 1. The van der Waals surface area contributed by atoms with E-state index in [1.165, 1.54) is 0 Å². The third-order valence-electron chi connectivity index (χ3n) is 4.82. The number of nitrogens with one attached hydrogen (secondary N) is 3. The van der Waals surface area contributed by atoms with E-state index in [-0.39, 0.29) is 0 Å². The van der Waals surface area contributed by atoms with Crippen LogP contribution < -0.4 is 21.1 Å². The molecule has 0 saturated heterocycles. The average molecular weight is 459 g/mol. The molecular weight excluding hydrogens is 436 g/mol. The lowest BCUT2D eigenvalue weighted by molar-refractivity contribution is 0.254. The van der Waals surface area contributed by atoms with Crippen LogP contribution in [0, 0.1) is 0 Å². The highest BCUT2D eigenvalue weighted by Gasteiger charge is 2.09. The molecule has 0 aliphatic carbocycles. The van der Waals surface area contributed by atoms with Gasteiger partial charge in [-0.3, -0.25) is 5.43 Å². The minimum atomic E-state index is -0.457. The van der Waals surface area contributed by atoms with Crippen molar-refractivity contribution >= 4 is 58.0 Å². The number of halogens is 1. The third kappa shape index (κ3) is 5.78. The number of hydrogen-bond donors (Lipinski definition) is 3. The van der Waals surface area contributed by atoms with E-state index in [1.54, 1.807) is 24.3 Å². The summed E-state index contributed by atoms with van der Waals surface area (Å²) in [5, 5.41) is 3.25. The Bertz CT molecular complexity index is 1300.